The van der Waals surface area contributed by atoms with E-state index in [0.717, 1.165) is 10.0 Å². The Morgan fingerprint density at radius 1 is 1.41 bits per heavy atom. The maximum atomic E-state index is 5.86. The van der Waals surface area contributed by atoms with Gasteiger partial charge >= 0.3 is 0 Å². The molecule has 2 rings (SSSR count). The minimum atomic E-state index is 0.415. The predicted molar refractivity (Wildman–Crippen MR) is 72.1 cm³/mol. The van der Waals surface area contributed by atoms with Crippen LogP contribution in [-0.4, -0.2) is 4.98 Å². The summed E-state index contributed by atoms with van der Waals surface area (Å²) in [4.78, 5) is 4.01. The number of hydrogen-bond acceptors (Lipinski definition) is 3. The standard InChI is InChI=1S/C12H10BrClN2O/c13-10-4-9(14)5-11(15)12(10)17-7-8-2-1-3-16-6-8/h1-6H,7,15H2. The van der Waals surface area contributed by atoms with E-state index in [1.54, 1.807) is 24.5 Å². The molecule has 0 atom stereocenters. The molecule has 1 heterocycles. The summed E-state index contributed by atoms with van der Waals surface area (Å²) in [5.74, 6) is 0.596. The number of halogens is 2. The van der Waals surface area contributed by atoms with Crippen molar-refractivity contribution in [2.75, 3.05) is 5.73 Å². The highest BCUT2D eigenvalue weighted by Gasteiger charge is 2.08. The molecule has 3 nitrogen and oxygen atoms in total. The van der Waals surface area contributed by atoms with E-state index in [-0.39, 0.29) is 0 Å². The highest BCUT2D eigenvalue weighted by molar-refractivity contribution is 9.10. The Labute approximate surface area is 113 Å². The van der Waals surface area contributed by atoms with Gasteiger partial charge in [-0.3, -0.25) is 4.98 Å². The number of nitrogen functional groups attached to an aromatic ring is 1. The molecule has 1 aromatic carbocycles. The van der Waals surface area contributed by atoms with Crippen LogP contribution in [0, 0.1) is 0 Å². The molecule has 2 N–H and O–H groups in total. The fourth-order valence-electron chi connectivity index (χ4n) is 1.37. The van der Waals surface area contributed by atoms with Crippen molar-refractivity contribution in [1.82, 2.24) is 4.98 Å². The fraction of sp³-hybridized carbons (Fsp3) is 0.0833. The van der Waals surface area contributed by atoms with Crippen LogP contribution in [0.5, 0.6) is 5.75 Å². The smallest absolute Gasteiger partial charge is 0.156 e. The Morgan fingerprint density at radius 2 is 2.24 bits per heavy atom. The Bertz CT molecular complexity index is 496. The highest BCUT2D eigenvalue weighted by Crippen LogP contribution is 2.34. The molecule has 0 bridgehead atoms. The third kappa shape index (κ3) is 3.11. The molecule has 0 amide bonds. The topological polar surface area (TPSA) is 48.1 Å². The zero-order chi connectivity index (χ0) is 12.3. The van der Waals surface area contributed by atoms with Gasteiger partial charge in [-0.1, -0.05) is 17.7 Å². The number of aromatic nitrogens is 1. The van der Waals surface area contributed by atoms with Crippen LogP contribution in [0.4, 0.5) is 5.69 Å². The molecule has 0 fully saturated rings. The fourth-order valence-corrected chi connectivity index (χ4v) is 2.32. The van der Waals surface area contributed by atoms with Crippen molar-refractivity contribution in [3.05, 3.63) is 51.7 Å². The van der Waals surface area contributed by atoms with Gasteiger partial charge in [0.25, 0.3) is 0 Å². The number of nitrogens with zero attached hydrogens (tertiary/aromatic N) is 1. The lowest BCUT2D eigenvalue weighted by atomic mass is 10.3. The lowest BCUT2D eigenvalue weighted by Crippen LogP contribution is -1.99. The average molecular weight is 314 g/mol. The van der Waals surface area contributed by atoms with Gasteiger partial charge in [0.1, 0.15) is 6.61 Å². The number of hydrogen-bond donors (Lipinski definition) is 1. The minimum Gasteiger partial charge on any atom is -0.485 e. The molecule has 1 aromatic heterocycles. The van der Waals surface area contributed by atoms with E-state index >= 15 is 0 Å². The van der Waals surface area contributed by atoms with Crippen LogP contribution in [0.25, 0.3) is 0 Å². The largest absolute Gasteiger partial charge is 0.485 e. The van der Waals surface area contributed by atoms with Gasteiger partial charge in [0.2, 0.25) is 0 Å². The second kappa shape index (κ2) is 5.38. The lowest BCUT2D eigenvalue weighted by Gasteiger charge is -2.11. The first-order valence-electron chi connectivity index (χ1n) is 4.93. The van der Waals surface area contributed by atoms with Crippen molar-refractivity contribution in [3.8, 4) is 5.75 Å². The Hall–Kier alpha value is -1.26. The van der Waals surface area contributed by atoms with Gasteiger partial charge in [-0.05, 0) is 34.1 Å². The molecule has 0 saturated heterocycles. The van der Waals surface area contributed by atoms with E-state index in [9.17, 15) is 0 Å². The van der Waals surface area contributed by atoms with Crippen molar-refractivity contribution >= 4 is 33.2 Å². The maximum absolute atomic E-state index is 5.86. The second-order valence-electron chi connectivity index (χ2n) is 3.46. The molecule has 0 radical (unpaired) electrons. The number of nitrogens with two attached hydrogens (primary N) is 1. The third-order valence-corrected chi connectivity index (χ3v) is 2.95. The number of benzene rings is 1. The van der Waals surface area contributed by atoms with Crippen LogP contribution in [0.2, 0.25) is 5.02 Å². The summed E-state index contributed by atoms with van der Waals surface area (Å²) in [5, 5.41) is 0.572. The third-order valence-electron chi connectivity index (χ3n) is 2.14. The monoisotopic (exact) mass is 312 g/mol. The van der Waals surface area contributed by atoms with Crippen LogP contribution < -0.4 is 10.5 Å². The maximum Gasteiger partial charge on any atom is 0.156 e. The summed E-state index contributed by atoms with van der Waals surface area (Å²) < 4.78 is 6.38. The van der Waals surface area contributed by atoms with Crippen LogP contribution >= 0.6 is 27.5 Å². The van der Waals surface area contributed by atoms with Crippen molar-refractivity contribution in [2.45, 2.75) is 6.61 Å². The quantitative estimate of drug-likeness (QED) is 0.880. The van der Waals surface area contributed by atoms with Gasteiger partial charge in [-0.15, -0.1) is 0 Å². The van der Waals surface area contributed by atoms with Crippen molar-refractivity contribution in [1.29, 1.82) is 0 Å². The van der Waals surface area contributed by atoms with Gasteiger partial charge in [-0.25, -0.2) is 0 Å². The first kappa shape index (κ1) is 12.2. The molecule has 0 unspecified atom stereocenters. The Balaban J connectivity index is 2.15. The lowest BCUT2D eigenvalue weighted by molar-refractivity contribution is 0.305. The van der Waals surface area contributed by atoms with E-state index < -0.39 is 0 Å². The SMILES string of the molecule is Nc1cc(Cl)cc(Br)c1OCc1cccnc1. The van der Waals surface area contributed by atoms with Gasteiger partial charge in [-0.2, -0.15) is 0 Å². The molecule has 17 heavy (non-hydrogen) atoms. The molecule has 0 aliphatic carbocycles. The molecular weight excluding hydrogens is 304 g/mol. The number of rotatable bonds is 3. The number of anilines is 1. The zero-order valence-corrected chi connectivity index (χ0v) is 11.2. The van der Waals surface area contributed by atoms with Gasteiger partial charge < -0.3 is 10.5 Å². The summed E-state index contributed by atoms with van der Waals surface area (Å²) in [6.45, 7) is 0.415. The predicted octanol–water partition coefficient (Wildman–Crippen LogP) is 3.66. The van der Waals surface area contributed by atoms with Gasteiger partial charge in [0, 0.05) is 23.0 Å². The van der Waals surface area contributed by atoms with E-state index in [4.69, 9.17) is 22.1 Å². The number of pyridine rings is 1. The van der Waals surface area contributed by atoms with Crippen LogP contribution in [0.1, 0.15) is 5.56 Å². The van der Waals surface area contributed by atoms with E-state index in [1.807, 2.05) is 12.1 Å². The summed E-state index contributed by atoms with van der Waals surface area (Å²) in [5.41, 5.74) is 7.32. The summed E-state index contributed by atoms with van der Waals surface area (Å²) in [6.07, 6.45) is 3.47. The van der Waals surface area contributed by atoms with Crippen LogP contribution in [0.3, 0.4) is 0 Å². The molecule has 0 aliphatic rings. The molecule has 0 aliphatic heterocycles. The van der Waals surface area contributed by atoms with Crippen molar-refractivity contribution in [2.24, 2.45) is 0 Å². The highest BCUT2D eigenvalue weighted by atomic mass is 79.9. The normalized spacial score (nSPS) is 10.2. The summed E-state index contributed by atoms with van der Waals surface area (Å²) in [7, 11) is 0. The van der Waals surface area contributed by atoms with Crippen LogP contribution in [0.15, 0.2) is 41.1 Å². The van der Waals surface area contributed by atoms with E-state index in [2.05, 4.69) is 20.9 Å². The summed E-state index contributed by atoms with van der Waals surface area (Å²) in [6, 6.07) is 7.20. The molecule has 0 saturated carbocycles. The van der Waals surface area contributed by atoms with E-state index in [1.165, 1.54) is 0 Å². The Kier molecular flexibility index (Phi) is 3.86. The number of ether oxygens (including phenoxy) is 1. The van der Waals surface area contributed by atoms with Gasteiger partial charge in [0.05, 0.1) is 10.2 Å². The molecule has 2 aromatic rings. The minimum absolute atomic E-state index is 0.415. The van der Waals surface area contributed by atoms with Crippen molar-refractivity contribution < 1.29 is 4.74 Å². The first-order valence-corrected chi connectivity index (χ1v) is 6.10. The molecule has 0 spiro atoms. The van der Waals surface area contributed by atoms with E-state index in [0.29, 0.717) is 23.1 Å². The average Bonchev–Trinajstić information content (AvgIpc) is 2.29. The second-order valence-corrected chi connectivity index (χ2v) is 4.75. The summed E-state index contributed by atoms with van der Waals surface area (Å²) >= 11 is 9.23. The molecular formula is C12H10BrClN2O. The Morgan fingerprint density at radius 3 is 2.88 bits per heavy atom. The molecule has 5 heteroatoms. The molecule has 88 valence electrons. The zero-order valence-electron chi connectivity index (χ0n) is 8.86. The van der Waals surface area contributed by atoms with Gasteiger partial charge in [0.15, 0.2) is 5.75 Å². The van der Waals surface area contributed by atoms with Crippen LogP contribution in [-0.2, 0) is 6.61 Å². The first-order chi connectivity index (χ1) is 8.16. The van der Waals surface area contributed by atoms with Crippen molar-refractivity contribution in [3.63, 3.8) is 0 Å².